The average Bonchev–Trinajstić information content (AvgIpc) is 3.18. The molecule has 26 heavy (non-hydrogen) atoms. The molecule has 2 fully saturated rings. The first-order valence-corrected chi connectivity index (χ1v) is 8.89. The van der Waals surface area contributed by atoms with Crippen LogP contribution in [-0.2, 0) is 4.79 Å². The molecule has 2 aromatic rings. The number of likely N-dealkylation sites (tertiary alicyclic amines) is 1. The molecule has 1 saturated heterocycles. The van der Waals surface area contributed by atoms with Crippen LogP contribution in [0.25, 0.3) is 0 Å². The smallest absolute Gasteiger partial charge is 0.321 e. The third-order valence-corrected chi connectivity index (χ3v) is 5.41. The molecule has 1 aliphatic carbocycles. The van der Waals surface area contributed by atoms with Crippen molar-refractivity contribution in [2.75, 3.05) is 23.7 Å². The summed E-state index contributed by atoms with van der Waals surface area (Å²) in [6, 6.07) is 11.3. The van der Waals surface area contributed by atoms with Gasteiger partial charge in [-0.15, -0.1) is 0 Å². The lowest BCUT2D eigenvalue weighted by Gasteiger charge is -2.17. The quantitative estimate of drug-likeness (QED) is 0.892. The monoisotopic (exact) mass is 350 g/mol. The molecule has 6 nitrogen and oxygen atoms in total. The fourth-order valence-corrected chi connectivity index (χ4v) is 3.74. The summed E-state index contributed by atoms with van der Waals surface area (Å²) in [6.07, 6.45) is 5.03. The number of aromatic nitrogens is 1. The normalized spacial score (nSPS) is 23.7. The third-order valence-electron chi connectivity index (χ3n) is 5.41. The zero-order chi connectivity index (χ0) is 18.1. The molecule has 2 heterocycles. The number of anilines is 2. The van der Waals surface area contributed by atoms with Crippen molar-refractivity contribution in [1.82, 2.24) is 9.88 Å². The number of hydrogen-bond donors (Lipinski definition) is 2. The maximum Gasteiger partial charge on any atom is 0.321 e. The molecule has 1 aromatic heterocycles. The van der Waals surface area contributed by atoms with Gasteiger partial charge in [-0.25, -0.2) is 4.79 Å². The number of hydrogen-bond acceptors (Lipinski definition) is 3. The number of amides is 3. The Labute approximate surface area is 152 Å². The lowest BCUT2D eigenvalue weighted by Crippen LogP contribution is -2.33. The van der Waals surface area contributed by atoms with Gasteiger partial charge in [-0.3, -0.25) is 9.78 Å². The largest absolute Gasteiger partial charge is 0.324 e. The second-order valence-corrected chi connectivity index (χ2v) is 7.32. The first kappa shape index (κ1) is 16.6. The number of urea groups is 1. The molecule has 6 heteroatoms. The van der Waals surface area contributed by atoms with E-state index < -0.39 is 0 Å². The van der Waals surface area contributed by atoms with Crippen LogP contribution in [0.5, 0.6) is 0 Å². The Hall–Kier alpha value is -2.89. The van der Waals surface area contributed by atoms with Crippen molar-refractivity contribution in [2.24, 2.45) is 11.3 Å². The summed E-state index contributed by atoms with van der Waals surface area (Å²) in [7, 11) is 0. The highest BCUT2D eigenvalue weighted by atomic mass is 16.2. The molecule has 2 N–H and O–H groups in total. The molecular formula is C20H22N4O2. The molecule has 0 bridgehead atoms. The van der Waals surface area contributed by atoms with Crippen molar-refractivity contribution in [3.63, 3.8) is 0 Å². The summed E-state index contributed by atoms with van der Waals surface area (Å²) in [5.41, 5.74) is 2.61. The molecule has 1 aromatic carbocycles. The van der Waals surface area contributed by atoms with Gasteiger partial charge in [0.05, 0.1) is 11.9 Å². The Bertz CT molecular complexity index is 821. The number of pyridine rings is 1. The van der Waals surface area contributed by atoms with E-state index in [4.69, 9.17) is 0 Å². The standard InChI is InChI=1S/C20H22N4O2/c1-14-4-6-15(7-5-14)23-19(26)24-10-8-20(13-24)11-17(20)18(25)22-16-3-2-9-21-12-16/h2-7,9,12,17H,8,10-11,13H2,1H3,(H,22,25)(H,23,26)/t17-,20+/m0/s1. The minimum Gasteiger partial charge on any atom is -0.324 e. The van der Waals surface area contributed by atoms with E-state index in [1.54, 1.807) is 18.5 Å². The molecule has 0 radical (unpaired) electrons. The highest BCUT2D eigenvalue weighted by molar-refractivity contribution is 5.95. The number of nitrogens with zero attached hydrogens (tertiary/aromatic N) is 2. The lowest BCUT2D eigenvalue weighted by atomic mass is 10.0. The van der Waals surface area contributed by atoms with Gasteiger partial charge >= 0.3 is 6.03 Å². The van der Waals surface area contributed by atoms with E-state index in [0.29, 0.717) is 18.8 Å². The summed E-state index contributed by atoms with van der Waals surface area (Å²) < 4.78 is 0. The van der Waals surface area contributed by atoms with E-state index in [-0.39, 0.29) is 23.3 Å². The fourth-order valence-electron chi connectivity index (χ4n) is 3.74. The Morgan fingerprint density at radius 2 is 1.96 bits per heavy atom. The van der Waals surface area contributed by atoms with Gasteiger partial charge in [0.25, 0.3) is 0 Å². The molecule has 3 amide bonds. The van der Waals surface area contributed by atoms with Gasteiger partial charge < -0.3 is 15.5 Å². The van der Waals surface area contributed by atoms with E-state index in [9.17, 15) is 9.59 Å². The number of nitrogens with one attached hydrogen (secondary N) is 2. The Balaban J connectivity index is 1.33. The summed E-state index contributed by atoms with van der Waals surface area (Å²) in [6.45, 7) is 3.34. The Morgan fingerprint density at radius 3 is 2.69 bits per heavy atom. The van der Waals surface area contributed by atoms with Crippen molar-refractivity contribution in [2.45, 2.75) is 19.8 Å². The Kier molecular flexibility index (Phi) is 4.11. The van der Waals surface area contributed by atoms with Crippen LogP contribution in [-0.4, -0.2) is 34.9 Å². The second-order valence-electron chi connectivity index (χ2n) is 7.32. The van der Waals surface area contributed by atoms with Crippen LogP contribution in [0.2, 0.25) is 0 Å². The van der Waals surface area contributed by atoms with Gasteiger partial charge in [-0.05, 0) is 44.0 Å². The van der Waals surface area contributed by atoms with E-state index in [2.05, 4.69) is 15.6 Å². The van der Waals surface area contributed by atoms with E-state index in [0.717, 1.165) is 24.1 Å². The van der Waals surface area contributed by atoms with Crippen LogP contribution in [0.15, 0.2) is 48.8 Å². The number of carbonyl (C=O) groups is 2. The van der Waals surface area contributed by atoms with Crippen LogP contribution in [0.1, 0.15) is 18.4 Å². The van der Waals surface area contributed by atoms with Crippen molar-refractivity contribution < 1.29 is 9.59 Å². The molecule has 1 spiro atoms. The maximum atomic E-state index is 12.5. The first-order valence-electron chi connectivity index (χ1n) is 8.89. The summed E-state index contributed by atoms with van der Waals surface area (Å²) >= 11 is 0. The highest BCUT2D eigenvalue weighted by Crippen LogP contribution is 2.58. The second kappa shape index (κ2) is 6.44. The molecule has 2 aliphatic rings. The van der Waals surface area contributed by atoms with Gasteiger partial charge in [0.1, 0.15) is 0 Å². The molecule has 134 valence electrons. The average molecular weight is 350 g/mol. The van der Waals surface area contributed by atoms with E-state index in [1.807, 2.05) is 42.2 Å². The molecular weight excluding hydrogens is 328 g/mol. The molecule has 1 saturated carbocycles. The van der Waals surface area contributed by atoms with Crippen LogP contribution in [0, 0.1) is 18.3 Å². The minimum absolute atomic E-state index is 0.0267. The van der Waals surface area contributed by atoms with Crippen molar-refractivity contribution in [1.29, 1.82) is 0 Å². The van der Waals surface area contributed by atoms with Gasteiger partial charge in [0.2, 0.25) is 5.91 Å². The zero-order valence-electron chi connectivity index (χ0n) is 14.7. The van der Waals surface area contributed by atoms with Gasteiger partial charge in [-0.1, -0.05) is 17.7 Å². The van der Waals surface area contributed by atoms with Gasteiger partial charge in [-0.2, -0.15) is 0 Å². The Morgan fingerprint density at radius 1 is 1.15 bits per heavy atom. The van der Waals surface area contributed by atoms with Gasteiger partial charge in [0, 0.05) is 36.3 Å². The zero-order valence-corrected chi connectivity index (χ0v) is 14.7. The lowest BCUT2D eigenvalue weighted by molar-refractivity contribution is -0.118. The topological polar surface area (TPSA) is 74.3 Å². The number of benzene rings is 1. The van der Waals surface area contributed by atoms with Crippen LogP contribution in [0.3, 0.4) is 0 Å². The third kappa shape index (κ3) is 3.27. The van der Waals surface area contributed by atoms with E-state index in [1.165, 1.54) is 0 Å². The predicted octanol–water partition coefficient (Wildman–Crippen LogP) is 3.27. The van der Waals surface area contributed by atoms with Crippen LogP contribution >= 0.6 is 0 Å². The van der Waals surface area contributed by atoms with Crippen LogP contribution < -0.4 is 10.6 Å². The summed E-state index contributed by atoms with van der Waals surface area (Å²) in [5, 5.41) is 5.86. The number of aryl methyl sites for hydroxylation is 1. The molecule has 4 rings (SSSR count). The van der Waals surface area contributed by atoms with Crippen molar-refractivity contribution in [3.8, 4) is 0 Å². The highest BCUT2D eigenvalue weighted by Gasteiger charge is 2.61. The minimum atomic E-state index is -0.0935. The molecule has 2 atom stereocenters. The van der Waals surface area contributed by atoms with E-state index >= 15 is 0 Å². The maximum absolute atomic E-state index is 12.5. The SMILES string of the molecule is Cc1ccc(NC(=O)N2CC[C@@]3(C[C@H]3C(=O)Nc3cccnc3)C2)cc1. The van der Waals surface area contributed by atoms with Crippen molar-refractivity contribution >= 4 is 23.3 Å². The van der Waals surface area contributed by atoms with Crippen molar-refractivity contribution in [3.05, 3.63) is 54.4 Å². The number of rotatable bonds is 3. The summed E-state index contributed by atoms with van der Waals surface area (Å²) in [5.74, 6) is -0.00123. The number of carbonyl (C=O) groups excluding carboxylic acids is 2. The first-order chi connectivity index (χ1) is 12.6. The van der Waals surface area contributed by atoms with Gasteiger partial charge in [0.15, 0.2) is 0 Å². The van der Waals surface area contributed by atoms with Crippen LogP contribution in [0.4, 0.5) is 16.2 Å². The fraction of sp³-hybridized carbons (Fsp3) is 0.350. The predicted molar refractivity (Wildman–Crippen MR) is 99.8 cm³/mol. The molecule has 1 aliphatic heterocycles. The summed E-state index contributed by atoms with van der Waals surface area (Å²) in [4.78, 5) is 30.8. The molecule has 0 unspecified atom stereocenters.